The van der Waals surface area contributed by atoms with E-state index < -0.39 is 0 Å². The zero-order valence-corrected chi connectivity index (χ0v) is 14.8. The first-order chi connectivity index (χ1) is 10.7. The molecule has 3 rings (SSSR count). The number of amides is 1. The Kier molecular flexibility index (Phi) is 5.77. The third-order valence-electron chi connectivity index (χ3n) is 4.67. The molecule has 0 spiro atoms. The maximum atomic E-state index is 12.3. The molecule has 2 fully saturated rings. The Hall–Kier alpha value is -0.590. The molecule has 1 aromatic heterocycles. The maximum absolute atomic E-state index is 12.3. The summed E-state index contributed by atoms with van der Waals surface area (Å²) in [4.78, 5) is 19.3. The van der Waals surface area contributed by atoms with Gasteiger partial charge in [0.15, 0.2) is 0 Å². The number of aryl methyl sites for hydroxylation is 1. The normalized spacial score (nSPS) is 23.8. The second kappa shape index (κ2) is 7.79. The van der Waals surface area contributed by atoms with Crippen molar-refractivity contribution in [2.45, 2.75) is 38.6 Å². The number of nitrogens with one attached hydrogen (secondary N) is 1. The van der Waals surface area contributed by atoms with Crippen molar-refractivity contribution in [1.82, 2.24) is 15.2 Å². The van der Waals surface area contributed by atoms with Crippen LogP contribution in [0, 0.1) is 12.8 Å². The molecule has 0 bridgehead atoms. The average molecular weight is 340 g/mol. The summed E-state index contributed by atoms with van der Waals surface area (Å²) in [7, 11) is 0. The van der Waals surface area contributed by atoms with Gasteiger partial charge in [-0.15, -0.1) is 11.3 Å². The lowest BCUT2D eigenvalue weighted by atomic mass is 9.94. The van der Waals surface area contributed by atoms with Gasteiger partial charge < -0.3 is 5.32 Å². The molecular formula is C16H25N3OS2. The zero-order chi connectivity index (χ0) is 15.4. The summed E-state index contributed by atoms with van der Waals surface area (Å²) >= 11 is 3.74. The summed E-state index contributed by atoms with van der Waals surface area (Å²) in [5.41, 5.74) is 1.09. The molecule has 1 amide bonds. The maximum Gasteiger partial charge on any atom is 0.223 e. The van der Waals surface area contributed by atoms with E-state index in [0.717, 1.165) is 49.1 Å². The Balaban J connectivity index is 1.36. The van der Waals surface area contributed by atoms with E-state index in [-0.39, 0.29) is 11.8 Å². The van der Waals surface area contributed by atoms with Crippen LogP contribution in [-0.4, -0.2) is 53.0 Å². The Morgan fingerprint density at radius 2 is 2.23 bits per heavy atom. The van der Waals surface area contributed by atoms with E-state index in [2.05, 4.69) is 32.3 Å². The van der Waals surface area contributed by atoms with Gasteiger partial charge in [-0.1, -0.05) is 0 Å². The fraction of sp³-hybridized carbons (Fsp3) is 0.750. The van der Waals surface area contributed by atoms with Crippen LogP contribution in [0.25, 0.3) is 0 Å². The van der Waals surface area contributed by atoms with Gasteiger partial charge >= 0.3 is 0 Å². The van der Waals surface area contributed by atoms with Gasteiger partial charge in [-0.05, 0) is 45.0 Å². The van der Waals surface area contributed by atoms with Gasteiger partial charge in [-0.25, -0.2) is 4.98 Å². The van der Waals surface area contributed by atoms with Gasteiger partial charge in [-0.3, -0.25) is 9.69 Å². The summed E-state index contributed by atoms with van der Waals surface area (Å²) in [6, 6.07) is 0.766. The molecule has 0 radical (unpaired) electrons. The largest absolute Gasteiger partial charge is 0.355 e. The number of thioether (sulfide) groups is 1. The van der Waals surface area contributed by atoms with Gasteiger partial charge in [-0.2, -0.15) is 11.8 Å². The van der Waals surface area contributed by atoms with E-state index in [9.17, 15) is 4.79 Å². The predicted octanol–water partition coefficient (Wildman–Crippen LogP) is 2.33. The summed E-state index contributed by atoms with van der Waals surface area (Å²) < 4.78 is 0. The van der Waals surface area contributed by atoms with Crippen molar-refractivity contribution in [3.8, 4) is 0 Å². The van der Waals surface area contributed by atoms with Crippen molar-refractivity contribution in [3.05, 3.63) is 16.1 Å². The van der Waals surface area contributed by atoms with Crippen LogP contribution in [0.15, 0.2) is 5.38 Å². The lowest BCUT2D eigenvalue weighted by Crippen LogP contribution is -2.45. The van der Waals surface area contributed by atoms with Crippen LogP contribution in [0.1, 0.15) is 30.0 Å². The molecule has 2 saturated heterocycles. The van der Waals surface area contributed by atoms with Crippen LogP contribution in [-0.2, 0) is 11.2 Å². The van der Waals surface area contributed by atoms with Crippen molar-refractivity contribution in [2.24, 2.45) is 5.92 Å². The Morgan fingerprint density at radius 1 is 1.41 bits per heavy atom. The highest BCUT2D eigenvalue weighted by Crippen LogP contribution is 2.26. The SMILES string of the molecule is Cc1nc(CCNC(=O)C2CCN([C@H]3CCSC3)CC2)cs1. The fourth-order valence-electron chi connectivity index (χ4n) is 3.32. The molecule has 0 aromatic carbocycles. The van der Waals surface area contributed by atoms with Crippen LogP contribution in [0.5, 0.6) is 0 Å². The second-order valence-corrected chi connectivity index (χ2v) is 8.44. The molecule has 3 heterocycles. The van der Waals surface area contributed by atoms with E-state index in [1.807, 2.05) is 6.92 Å². The highest BCUT2D eigenvalue weighted by Gasteiger charge is 2.29. The first-order valence-corrected chi connectivity index (χ1v) is 10.3. The molecule has 1 atom stereocenters. The van der Waals surface area contributed by atoms with Crippen LogP contribution in [0.4, 0.5) is 0 Å². The number of nitrogens with zero attached hydrogens (tertiary/aromatic N) is 2. The van der Waals surface area contributed by atoms with E-state index in [0.29, 0.717) is 6.54 Å². The lowest BCUT2D eigenvalue weighted by Gasteiger charge is -2.35. The minimum absolute atomic E-state index is 0.211. The fourth-order valence-corrected chi connectivity index (χ4v) is 5.22. The van der Waals surface area contributed by atoms with Gasteiger partial charge in [0.25, 0.3) is 0 Å². The number of carbonyl (C=O) groups is 1. The van der Waals surface area contributed by atoms with Crippen molar-refractivity contribution in [3.63, 3.8) is 0 Å². The summed E-state index contributed by atoms with van der Waals surface area (Å²) in [6.45, 7) is 4.91. The zero-order valence-electron chi connectivity index (χ0n) is 13.2. The van der Waals surface area contributed by atoms with Gasteiger partial charge in [0.2, 0.25) is 5.91 Å². The Morgan fingerprint density at radius 3 is 2.86 bits per heavy atom. The van der Waals surface area contributed by atoms with E-state index in [4.69, 9.17) is 0 Å². The topological polar surface area (TPSA) is 45.2 Å². The Bertz CT molecular complexity index is 491. The van der Waals surface area contributed by atoms with Gasteiger partial charge in [0, 0.05) is 36.1 Å². The second-order valence-electron chi connectivity index (χ2n) is 6.23. The van der Waals surface area contributed by atoms with Crippen molar-refractivity contribution >= 4 is 29.0 Å². The van der Waals surface area contributed by atoms with Crippen LogP contribution < -0.4 is 5.32 Å². The number of thiazole rings is 1. The first-order valence-electron chi connectivity index (χ1n) is 8.23. The van der Waals surface area contributed by atoms with Gasteiger partial charge in [0.1, 0.15) is 0 Å². The lowest BCUT2D eigenvalue weighted by molar-refractivity contribution is -0.126. The number of aromatic nitrogens is 1. The quantitative estimate of drug-likeness (QED) is 0.894. The van der Waals surface area contributed by atoms with Crippen LogP contribution in [0.3, 0.4) is 0 Å². The van der Waals surface area contributed by atoms with Crippen LogP contribution >= 0.6 is 23.1 Å². The van der Waals surface area contributed by atoms with E-state index in [1.165, 1.54) is 17.9 Å². The summed E-state index contributed by atoms with van der Waals surface area (Å²) in [6.07, 6.45) is 4.20. The minimum Gasteiger partial charge on any atom is -0.355 e. The molecule has 1 N–H and O–H groups in total. The van der Waals surface area contributed by atoms with Gasteiger partial charge in [0.05, 0.1) is 10.7 Å². The average Bonchev–Trinajstić information content (AvgIpc) is 3.19. The molecule has 0 saturated carbocycles. The number of rotatable bonds is 5. The van der Waals surface area contributed by atoms with Crippen molar-refractivity contribution in [2.75, 3.05) is 31.1 Å². The smallest absolute Gasteiger partial charge is 0.223 e. The molecule has 2 aliphatic rings. The van der Waals surface area contributed by atoms with E-state index in [1.54, 1.807) is 11.3 Å². The predicted molar refractivity (Wildman–Crippen MR) is 93.6 cm³/mol. The number of carbonyl (C=O) groups excluding carboxylic acids is 1. The first kappa shape index (κ1) is 16.3. The molecule has 0 unspecified atom stereocenters. The number of piperidine rings is 1. The standard InChI is InChI=1S/C16H25N3OS2/c1-12-18-14(10-22-12)2-6-17-16(20)13-3-7-19(8-4-13)15-5-9-21-11-15/h10,13,15H,2-9,11H2,1H3,(H,17,20)/t15-/m0/s1. The molecule has 6 heteroatoms. The minimum atomic E-state index is 0.211. The highest BCUT2D eigenvalue weighted by atomic mass is 32.2. The molecule has 1 aromatic rings. The number of hydrogen-bond acceptors (Lipinski definition) is 5. The summed E-state index contributed by atoms with van der Waals surface area (Å²) in [5.74, 6) is 3.04. The number of hydrogen-bond donors (Lipinski definition) is 1. The third kappa shape index (κ3) is 4.24. The molecule has 22 heavy (non-hydrogen) atoms. The Labute approximate surface area is 141 Å². The molecule has 0 aliphatic carbocycles. The highest BCUT2D eigenvalue weighted by molar-refractivity contribution is 7.99. The summed E-state index contributed by atoms with van der Waals surface area (Å²) in [5, 5.41) is 6.28. The molecular weight excluding hydrogens is 314 g/mol. The van der Waals surface area contributed by atoms with Crippen LogP contribution in [0.2, 0.25) is 0 Å². The third-order valence-corrected chi connectivity index (χ3v) is 6.64. The number of likely N-dealkylation sites (tertiary alicyclic amines) is 1. The molecule has 2 aliphatic heterocycles. The van der Waals surface area contributed by atoms with Crippen molar-refractivity contribution in [1.29, 1.82) is 0 Å². The monoisotopic (exact) mass is 339 g/mol. The van der Waals surface area contributed by atoms with E-state index >= 15 is 0 Å². The molecule has 4 nitrogen and oxygen atoms in total. The molecule has 122 valence electrons. The van der Waals surface area contributed by atoms with Crippen molar-refractivity contribution < 1.29 is 4.79 Å².